The minimum atomic E-state index is -0.661. The number of ether oxygens (including phenoxy) is 1. The second-order valence-corrected chi connectivity index (χ2v) is 5.40. The van der Waals surface area contributed by atoms with Gasteiger partial charge in [0.1, 0.15) is 6.04 Å². The number of methoxy groups -OCH3 is 1. The maximum atomic E-state index is 12.4. The largest absolute Gasteiger partial charge is 0.453 e. The molecule has 0 fully saturated rings. The van der Waals surface area contributed by atoms with E-state index < -0.39 is 12.1 Å². The average molecular weight is 304 g/mol. The highest BCUT2D eigenvalue weighted by molar-refractivity contribution is 5.99. The molecule has 0 spiro atoms. The van der Waals surface area contributed by atoms with E-state index in [0.29, 0.717) is 12.1 Å². The quantitative estimate of drug-likeness (QED) is 0.885. The van der Waals surface area contributed by atoms with Crippen molar-refractivity contribution >= 4 is 23.2 Å². The van der Waals surface area contributed by atoms with Crippen LogP contribution < -0.4 is 10.6 Å². The lowest BCUT2D eigenvalue weighted by atomic mass is 10.0. The van der Waals surface area contributed by atoms with Gasteiger partial charge in [-0.3, -0.25) is 4.79 Å². The van der Waals surface area contributed by atoms with E-state index in [1.54, 1.807) is 16.9 Å². The number of hydrogen-bond acceptors (Lipinski definition) is 4. The number of amides is 2. The molecule has 1 atom stereocenters. The van der Waals surface area contributed by atoms with Crippen molar-refractivity contribution in [2.75, 3.05) is 12.4 Å². The van der Waals surface area contributed by atoms with E-state index in [1.807, 2.05) is 32.0 Å². The standard InChI is InChI=1S/C15H20N4O3/c1-10(2)8-11(18-15(21)22-3)14(20)17-12-9-16-19-7-5-4-6-13(12)19/h4-7,9-11H,8H2,1-3H3,(H,17,20)(H,18,21). The summed E-state index contributed by atoms with van der Waals surface area (Å²) >= 11 is 0. The maximum absolute atomic E-state index is 12.4. The van der Waals surface area contributed by atoms with Gasteiger partial charge in [0.15, 0.2) is 0 Å². The van der Waals surface area contributed by atoms with Crippen LogP contribution in [0.25, 0.3) is 5.52 Å². The molecule has 2 heterocycles. The predicted molar refractivity (Wildman–Crippen MR) is 82.6 cm³/mol. The SMILES string of the molecule is COC(=O)NC(CC(C)C)C(=O)Nc1cnn2ccccc12. The van der Waals surface area contributed by atoms with Gasteiger partial charge in [-0.05, 0) is 24.5 Å². The molecule has 0 radical (unpaired) electrons. The van der Waals surface area contributed by atoms with E-state index in [9.17, 15) is 9.59 Å². The van der Waals surface area contributed by atoms with Crippen molar-refractivity contribution in [3.63, 3.8) is 0 Å². The molecular weight excluding hydrogens is 284 g/mol. The molecule has 0 saturated heterocycles. The first-order valence-electron chi connectivity index (χ1n) is 7.09. The number of pyridine rings is 1. The molecule has 2 amide bonds. The number of nitrogens with zero attached hydrogens (tertiary/aromatic N) is 2. The Labute approximate surface area is 128 Å². The second kappa shape index (κ2) is 6.93. The Morgan fingerprint density at radius 3 is 2.82 bits per heavy atom. The van der Waals surface area contributed by atoms with Gasteiger partial charge in [-0.1, -0.05) is 19.9 Å². The fourth-order valence-electron chi connectivity index (χ4n) is 2.15. The molecule has 1 unspecified atom stereocenters. The minimum Gasteiger partial charge on any atom is -0.453 e. The first kappa shape index (κ1) is 15.8. The first-order valence-corrected chi connectivity index (χ1v) is 7.09. The molecule has 0 aliphatic rings. The van der Waals surface area contributed by atoms with E-state index >= 15 is 0 Å². The summed E-state index contributed by atoms with van der Waals surface area (Å²) in [5.41, 5.74) is 1.39. The van der Waals surface area contributed by atoms with E-state index in [2.05, 4.69) is 20.5 Å². The number of hydrogen-bond donors (Lipinski definition) is 2. The summed E-state index contributed by atoms with van der Waals surface area (Å²) < 4.78 is 6.24. The van der Waals surface area contributed by atoms with Crippen LogP contribution in [0.2, 0.25) is 0 Å². The monoisotopic (exact) mass is 304 g/mol. The minimum absolute atomic E-state index is 0.247. The number of aromatic nitrogens is 2. The predicted octanol–water partition coefficient (Wildman–Crippen LogP) is 2.04. The molecule has 0 aromatic carbocycles. The zero-order valence-electron chi connectivity index (χ0n) is 12.9. The molecule has 7 nitrogen and oxygen atoms in total. The van der Waals surface area contributed by atoms with Crippen molar-refractivity contribution in [3.8, 4) is 0 Å². The fourth-order valence-corrected chi connectivity index (χ4v) is 2.15. The summed E-state index contributed by atoms with van der Waals surface area (Å²) in [7, 11) is 1.27. The van der Waals surface area contributed by atoms with Crippen molar-refractivity contribution in [1.82, 2.24) is 14.9 Å². The Morgan fingerprint density at radius 2 is 2.14 bits per heavy atom. The Kier molecular flexibility index (Phi) is 4.98. The number of carbonyl (C=O) groups is 2. The van der Waals surface area contributed by atoms with Gasteiger partial charge >= 0.3 is 6.09 Å². The first-order chi connectivity index (χ1) is 10.5. The fraction of sp³-hybridized carbons (Fsp3) is 0.400. The summed E-state index contributed by atoms with van der Waals surface area (Å²) in [4.78, 5) is 23.8. The molecule has 118 valence electrons. The number of fused-ring (bicyclic) bond motifs is 1. The van der Waals surface area contributed by atoms with Crippen LogP contribution in [0.1, 0.15) is 20.3 Å². The molecule has 2 aromatic rings. The molecule has 2 N–H and O–H groups in total. The molecule has 0 aliphatic heterocycles. The van der Waals surface area contributed by atoms with E-state index in [4.69, 9.17) is 0 Å². The zero-order chi connectivity index (χ0) is 16.1. The number of carbonyl (C=O) groups excluding carboxylic acids is 2. The summed E-state index contributed by atoms with van der Waals surface area (Å²) in [5, 5.41) is 9.52. The van der Waals surface area contributed by atoms with Crippen LogP contribution in [0.5, 0.6) is 0 Å². The second-order valence-electron chi connectivity index (χ2n) is 5.40. The van der Waals surface area contributed by atoms with Crippen molar-refractivity contribution in [2.24, 2.45) is 5.92 Å². The lowest BCUT2D eigenvalue weighted by Gasteiger charge is -2.19. The number of nitrogens with one attached hydrogen (secondary N) is 2. The van der Waals surface area contributed by atoms with Crippen LogP contribution in [-0.2, 0) is 9.53 Å². The van der Waals surface area contributed by atoms with Crippen molar-refractivity contribution in [3.05, 3.63) is 30.6 Å². The lowest BCUT2D eigenvalue weighted by molar-refractivity contribution is -0.118. The van der Waals surface area contributed by atoms with Gasteiger partial charge in [-0.15, -0.1) is 0 Å². The van der Waals surface area contributed by atoms with Crippen LogP contribution in [0.4, 0.5) is 10.5 Å². The Morgan fingerprint density at radius 1 is 1.36 bits per heavy atom. The van der Waals surface area contributed by atoms with Gasteiger partial charge in [-0.25, -0.2) is 9.31 Å². The lowest BCUT2D eigenvalue weighted by Crippen LogP contribution is -2.44. The Balaban J connectivity index is 2.14. The molecular formula is C15H20N4O3. The molecule has 2 rings (SSSR count). The number of alkyl carbamates (subject to hydrolysis) is 1. The highest BCUT2D eigenvalue weighted by Crippen LogP contribution is 2.17. The molecule has 0 saturated carbocycles. The highest BCUT2D eigenvalue weighted by atomic mass is 16.5. The van der Waals surface area contributed by atoms with E-state index in [0.717, 1.165) is 5.52 Å². The molecule has 0 bridgehead atoms. The van der Waals surface area contributed by atoms with E-state index in [-0.39, 0.29) is 11.8 Å². The zero-order valence-corrected chi connectivity index (χ0v) is 12.9. The van der Waals surface area contributed by atoms with Gasteiger partial charge in [0, 0.05) is 6.20 Å². The van der Waals surface area contributed by atoms with Crippen molar-refractivity contribution in [2.45, 2.75) is 26.3 Å². The summed E-state index contributed by atoms with van der Waals surface area (Å²) in [5.74, 6) is -0.0466. The smallest absolute Gasteiger partial charge is 0.407 e. The van der Waals surface area contributed by atoms with E-state index in [1.165, 1.54) is 7.11 Å². The Bertz CT molecular complexity index is 666. The molecule has 0 aliphatic carbocycles. The number of rotatable bonds is 5. The van der Waals surface area contributed by atoms with Crippen LogP contribution in [-0.4, -0.2) is 34.8 Å². The van der Waals surface area contributed by atoms with Crippen LogP contribution in [0.15, 0.2) is 30.6 Å². The molecule has 22 heavy (non-hydrogen) atoms. The third-order valence-corrected chi connectivity index (χ3v) is 3.19. The van der Waals surface area contributed by atoms with Gasteiger partial charge in [0.25, 0.3) is 0 Å². The third kappa shape index (κ3) is 3.75. The van der Waals surface area contributed by atoms with Crippen LogP contribution in [0, 0.1) is 5.92 Å². The van der Waals surface area contributed by atoms with Gasteiger partial charge in [-0.2, -0.15) is 5.10 Å². The maximum Gasteiger partial charge on any atom is 0.407 e. The average Bonchev–Trinajstić information content (AvgIpc) is 2.89. The van der Waals surface area contributed by atoms with Crippen LogP contribution in [0.3, 0.4) is 0 Å². The van der Waals surface area contributed by atoms with Crippen molar-refractivity contribution < 1.29 is 14.3 Å². The highest BCUT2D eigenvalue weighted by Gasteiger charge is 2.23. The normalized spacial score (nSPS) is 12.2. The van der Waals surface area contributed by atoms with Gasteiger partial charge in [0.2, 0.25) is 5.91 Å². The topological polar surface area (TPSA) is 84.7 Å². The van der Waals surface area contributed by atoms with Gasteiger partial charge < -0.3 is 15.4 Å². The molecule has 7 heteroatoms. The number of anilines is 1. The summed E-state index contributed by atoms with van der Waals surface area (Å²) in [6.45, 7) is 3.96. The van der Waals surface area contributed by atoms with Crippen molar-refractivity contribution in [1.29, 1.82) is 0 Å². The Hall–Kier alpha value is -2.57. The van der Waals surface area contributed by atoms with Crippen LogP contribution >= 0.6 is 0 Å². The molecule has 2 aromatic heterocycles. The summed E-state index contributed by atoms with van der Waals surface area (Å²) in [6.07, 6.45) is 3.27. The third-order valence-electron chi connectivity index (χ3n) is 3.19. The summed E-state index contributed by atoms with van der Waals surface area (Å²) in [6, 6.07) is 4.91. The van der Waals surface area contributed by atoms with Gasteiger partial charge in [0.05, 0.1) is 24.5 Å².